The normalized spacial score (nSPS) is 10.7. The molecule has 0 aromatic carbocycles. The van der Waals surface area contributed by atoms with E-state index in [1.54, 1.807) is 10.9 Å². The summed E-state index contributed by atoms with van der Waals surface area (Å²) >= 11 is 1.53. The SMILES string of the molecule is CCCn1cc(C(=O)Cc2nc(C)cs2)cn1. The highest BCUT2D eigenvalue weighted by molar-refractivity contribution is 7.09. The van der Waals surface area contributed by atoms with Crippen LogP contribution >= 0.6 is 11.3 Å². The number of nitrogens with zero attached hydrogens (tertiary/aromatic N) is 3. The van der Waals surface area contributed by atoms with Gasteiger partial charge in [-0.15, -0.1) is 11.3 Å². The van der Waals surface area contributed by atoms with E-state index in [2.05, 4.69) is 17.0 Å². The molecule has 0 aliphatic carbocycles. The molecule has 4 nitrogen and oxygen atoms in total. The largest absolute Gasteiger partial charge is 0.294 e. The Morgan fingerprint density at radius 2 is 2.35 bits per heavy atom. The van der Waals surface area contributed by atoms with Gasteiger partial charge in [-0.05, 0) is 13.3 Å². The highest BCUT2D eigenvalue weighted by Gasteiger charge is 2.11. The highest BCUT2D eigenvalue weighted by atomic mass is 32.1. The quantitative estimate of drug-likeness (QED) is 0.765. The fraction of sp³-hybridized carbons (Fsp3) is 0.417. The monoisotopic (exact) mass is 249 g/mol. The Morgan fingerprint density at radius 3 is 3.00 bits per heavy atom. The Morgan fingerprint density at radius 1 is 1.53 bits per heavy atom. The fourth-order valence-electron chi connectivity index (χ4n) is 1.58. The van der Waals surface area contributed by atoms with Crippen molar-refractivity contribution in [3.63, 3.8) is 0 Å². The van der Waals surface area contributed by atoms with Gasteiger partial charge in [-0.1, -0.05) is 6.92 Å². The van der Waals surface area contributed by atoms with E-state index in [4.69, 9.17) is 0 Å². The summed E-state index contributed by atoms with van der Waals surface area (Å²) in [5.74, 6) is 0.0849. The van der Waals surface area contributed by atoms with E-state index in [1.165, 1.54) is 11.3 Å². The summed E-state index contributed by atoms with van der Waals surface area (Å²) in [4.78, 5) is 16.2. The maximum Gasteiger partial charge on any atom is 0.172 e. The molecule has 0 amide bonds. The number of carbonyl (C=O) groups is 1. The number of Topliss-reactive ketones (excluding diaryl/α,β-unsaturated/α-hetero) is 1. The molecule has 0 N–H and O–H groups in total. The molecule has 2 aromatic rings. The maximum atomic E-state index is 12.0. The van der Waals surface area contributed by atoms with Gasteiger partial charge in [0, 0.05) is 23.8 Å². The van der Waals surface area contributed by atoms with Crippen LogP contribution in [0.1, 0.15) is 34.4 Å². The van der Waals surface area contributed by atoms with Crippen LogP contribution in [-0.4, -0.2) is 20.5 Å². The first-order chi connectivity index (χ1) is 8.19. The van der Waals surface area contributed by atoms with Crippen molar-refractivity contribution in [1.29, 1.82) is 0 Å². The van der Waals surface area contributed by atoms with Crippen molar-refractivity contribution in [3.8, 4) is 0 Å². The molecule has 2 aromatic heterocycles. The Bertz CT molecular complexity index is 515. The standard InChI is InChI=1S/C12H15N3OS/c1-3-4-15-7-10(6-13-15)11(16)5-12-14-9(2)8-17-12/h6-8H,3-5H2,1-2H3. The van der Waals surface area contributed by atoms with Crippen LogP contribution in [0, 0.1) is 6.92 Å². The summed E-state index contributed by atoms with van der Waals surface area (Å²) < 4.78 is 1.81. The molecule has 0 aliphatic rings. The van der Waals surface area contributed by atoms with Gasteiger partial charge in [-0.3, -0.25) is 9.48 Å². The molecule has 0 saturated carbocycles. The summed E-state index contributed by atoms with van der Waals surface area (Å²) in [6, 6.07) is 0. The number of hydrogen-bond donors (Lipinski definition) is 0. The van der Waals surface area contributed by atoms with Crippen LogP contribution in [0.5, 0.6) is 0 Å². The molecule has 90 valence electrons. The van der Waals surface area contributed by atoms with Crippen LogP contribution in [0.2, 0.25) is 0 Å². The van der Waals surface area contributed by atoms with Gasteiger partial charge in [0.2, 0.25) is 0 Å². The van der Waals surface area contributed by atoms with Crippen LogP contribution < -0.4 is 0 Å². The lowest BCUT2D eigenvalue weighted by molar-refractivity contribution is 0.0993. The summed E-state index contributed by atoms with van der Waals surface area (Å²) in [6.07, 6.45) is 4.84. The summed E-state index contributed by atoms with van der Waals surface area (Å²) in [7, 11) is 0. The van der Waals surface area contributed by atoms with Gasteiger partial charge in [-0.25, -0.2) is 4.98 Å². The summed E-state index contributed by atoms with van der Waals surface area (Å²) in [5, 5.41) is 6.99. The first-order valence-electron chi connectivity index (χ1n) is 5.65. The number of rotatable bonds is 5. The Hall–Kier alpha value is -1.49. The van der Waals surface area contributed by atoms with Gasteiger partial charge in [0.15, 0.2) is 5.78 Å². The molecule has 0 fully saturated rings. The molecule has 0 aliphatic heterocycles. The number of thiazole rings is 1. The molecule has 0 unspecified atom stereocenters. The minimum atomic E-state index is 0.0849. The Labute approximate surface area is 104 Å². The van der Waals surface area contributed by atoms with Crippen LogP contribution in [0.25, 0.3) is 0 Å². The van der Waals surface area contributed by atoms with Crippen LogP contribution in [0.3, 0.4) is 0 Å². The average Bonchev–Trinajstić information content (AvgIpc) is 2.88. The lowest BCUT2D eigenvalue weighted by Crippen LogP contribution is -2.02. The zero-order valence-electron chi connectivity index (χ0n) is 10.0. The Kier molecular flexibility index (Phi) is 3.68. The number of ketones is 1. The van der Waals surface area contributed by atoms with Crippen LogP contribution in [0.4, 0.5) is 0 Å². The summed E-state index contributed by atoms with van der Waals surface area (Å²) in [5.41, 5.74) is 1.64. The van der Waals surface area contributed by atoms with E-state index in [9.17, 15) is 4.79 Å². The number of aryl methyl sites for hydroxylation is 2. The van der Waals surface area contributed by atoms with E-state index in [1.807, 2.05) is 18.5 Å². The van der Waals surface area contributed by atoms with Crippen LogP contribution in [0.15, 0.2) is 17.8 Å². The topological polar surface area (TPSA) is 47.8 Å². The number of hydrogen-bond acceptors (Lipinski definition) is 4. The lowest BCUT2D eigenvalue weighted by atomic mass is 10.2. The average molecular weight is 249 g/mol. The van der Waals surface area contributed by atoms with Crippen molar-refractivity contribution in [2.24, 2.45) is 0 Å². The summed E-state index contributed by atoms with van der Waals surface area (Å²) in [6.45, 7) is 4.87. The van der Waals surface area contributed by atoms with Crippen molar-refractivity contribution in [1.82, 2.24) is 14.8 Å². The predicted molar refractivity (Wildman–Crippen MR) is 67.4 cm³/mol. The molecule has 0 bridgehead atoms. The van der Waals surface area contributed by atoms with Crippen molar-refractivity contribution in [3.05, 3.63) is 34.0 Å². The minimum Gasteiger partial charge on any atom is -0.294 e. The molecular weight excluding hydrogens is 234 g/mol. The van der Waals surface area contributed by atoms with Gasteiger partial charge >= 0.3 is 0 Å². The molecule has 0 radical (unpaired) electrons. The second kappa shape index (κ2) is 5.23. The van der Waals surface area contributed by atoms with Gasteiger partial charge in [-0.2, -0.15) is 5.10 Å². The third-order valence-electron chi connectivity index (χ3n) is 2.39. The van der Waals surface area contributed by atoms with Crippen LogP contribution in [-0.2, 0) is 13.0 Å². The molecular formula is C12H15N3OS. The zero-order valence-corrected chi connectivity index (χ0v) is 10.8. The van der Waals surface area contributed by atoms with Crippen molar-refractivity contribution in [2.75, 3.05) is 0 Å². The first-order valence-corrected chi connectivity index (χ1v) is 6.53. The second-order valence-corrected chi connectivity index (χ2v) is 4.92. The first kappa shape index (κ1) is 12.0. The van der Waals surface area contributed by atoms with E-state index in [0.29, 0.717) is 12.0 Å². The lowest BCUT2D eigenvalue weighted by Gasteiger charge is -1.95. The Balaban J connectivity index is 2.03. The molecule has 2 rings (SSSR count). The smallest absolute Gasteiger partial charge is 0.172 e. The van der Waals surface area contributed by atoms with Crippen molar-refractivity contribution in [2.45, 2.75) is 33.2 Å². The van der Waals surface area contributed by atoms with Crippen molar-refractivity contribution < 1.29 is 4.79 Å². The highest BCUT2D eigenvalue weighted by Crippen LogP contribution is 2.12. The molecule has 5 heteroatoms. The van der Waals surface area contributed by atoms with Gasteiger partial charge < -0.3 is 0 Å². The third-order valence-corrected chi connectivity index (χ3v) is 3.35. The second-order valence-electron chi connectivity index (χ2n) is 3.97. The molecule has 0 saturated heterocycles. The van der Waals surface area contributed by atoms with Gasteiger partial charge in [0.25, 0.3) is 0 Å². The van der Waals surface area contributed by atoms with Crippen molar-refractivity contribution >= 4 is 17.1 Å². The molecule has 2 heterocycles. The van der Waals surface area contributed by atoms with E-state index in [0.717, 1.165) is 23.7 Å². The molecule has 0 atom stereocenters. The predicted octanol–water partition coefficient (Wildman–Crippen LogP) is 2.48. The van der Waals surface area contributed by atoms with Gasteiger partial charge in [0.05, 0.1) is 18.2 Å². The minimum absolute atomic E-state index is 0.0849. The maximum absolute atomic E-state index is 12.0. The number of carbonyl (C=O) groups excluding carboxylic acids is 1. The number of aromatic nitrogens is 3. The molecule has 0 spiro atoms. The zero-order chi connectivity index (χ0) is 12.3. The molecule has 17 heavy (non-hydrogen) atoms. The third kappa shape index (κ3) is 3.00. The fourth-order valence-corrected chi connectivity index (χ4v) is 2.35. The van der Waals surface area contributed by atoms with E-state index >= 15 is 0 Å². The van der Waals surface area contributed by atoms with E-state index < -0.39 is 0 Å². The van der Waals surface area contributed by atoms with Gasteiger partial charge in [0.1, 0.15) is 5.01 Å². The van der Waals surface area contributed by atoms with E-state index in [-0.39, 0.29) is 5.78 Å².